The maximum absolute atomic E-state index is 8.87. The first-order chi connectivity index (χ1) is 11.7. The van der Waals surface area contributed by atoms with Gasteiger partial charge in [0.2, 0.25) is 0 Å². The van der Waals surface area contributed by atoms with Crippen molar-refractivity contribution in [3.63, 3.8) is 0 Å². The first-order valence-corrected chi connectivity index (χ1v) is 8.96. The lowest BCUT2D eigenvalue weighted by Gasteiger charge is -2.29. The third kappa shape index (κ3) is 6.62. The third-order valence-corrected chi connectivity index (χ3v) is 4.49. The molecule has 0 unspecified atom stereocenters. The van der Waals surface area contributed by atoms with Crippen LogP contribution in [-0.4, -0.2) is 60.8 Å². The number of hydrogen-bond donors (Lipinski definition) is 1. The number of ether oxygens (including phenoxy) is 1. The van der Waals surface area contributed by atoms with E-state index in [4.69, 9.17) is 33.8 Å². The molecule has 0 saturated carbocycles. The van der Waals surface area contributed by atoms with E-state index in [-0.39, 0.29) is 0 Å². The van der Waals surface area contributed by atoms with Crippen molar-refractivity contribution in [2.45, 2.75) is 12.8 Å². The van der Waals surface area contributed by atoms with Gasteiger partial charge in [0.15, 0.2) is 5.11 Å². The molecule has 1 fully saturated rings. The molecule has 2 rings (SSSR count). The van der Waals surface area contributed by atoms with Crippen LogP contribution in [0.25, 0.3) is 0 Å². The molecule has 1 aliphatic rings. The lowest BCUT2D eigenvalue weighted by atomic mass is 10.3. The van der Waals surface area contributed by atoms with Gasteiger partial charge < -0.3 is 15.0 Å². The molecular weight excluding hydrogens is 344 g/mol. The predicted molar refractivity (Wildman–Crippen MR) is 101 cm³/mol. The second-order valence-electron chi connectivity index (χ2n) is 5.64. The van der Waals surface area contributed by atoms with Crippen LogP contribution >= 0.6 is 23.8 Å². The normalized spacial score (nSPS) is 14.8. The van der Waals surface area contributed by atoms with E-state index in [0.717, 1.165) is 51.5 Å². The van der Waals surface area contributed by atoms with Gasteiger partial charge in [0.25, 0.3) is 0 Å². The predicted octanol–water partition coefficient (Wildman–Crippen LogP) is 2.97. The summed E-state index contributed by atoms with van der Waals surface area (Å²) >= 11 is 11.4. The molecule has 5 nitrogen and oxygen atoms in total. The standard InChI is InChI=1S/C17H23ClN4OS/c18-15-3-5-16(6-4-15)20-17(24)22(9-1-7-19)10-2-8-21-11-13-23-14-12-21/h3-6H,1-2,8-14H2,(H,20,24). The molecule has 1 heterocycles. The molecule has 1 aliphatic heterocycles. The van der Waals surface area contributed by atoms with E-state index in [1.165, 1.54) is 0 Å². The smallest absolute Gasteiger partial charge is 0.173 e. The second-order valence-corrected chi connectivity index (χ2v) is 6.46. The molecule has 0 spiro atoms. The molecule has 1 saturated heterocycles. The maximum atomic E-state index is 8.87. The number of rotatable bonds is 7. The van der Waals surface area contributed by atoms with Crippen LogP contribution < -0.4 is 5.32 Å². The zero-order valence-corrected chi connectivity index (χ0v) is 15.3. The molecule has 0 bridgehead atoms. The zero-order valence-electron chi connectivity index (χ0n) is 13.7. The maximum Gasteiger partial charge on any atom is 0.173 e. The highest BCUT2D eigenvalue weighted by atomic mass is 35.5. The Kier molecular flexibility index (Phi) is 8.26. The number of hydrogen-bond acceptors (Lipinski definition) is 4. The van der Waals surface area contributed by atoms with Gasteiger partial charge in [-0.2, -0.15) is 5.26 Å². The number of anilines is 1. The van der Waals surface area contributed by atoms with Crippen LogP contribution in [0, 0.1) is 11.3 Å². The van der Waals surface area contributed by atoms with E-state index in [0.29, 0.717) is 23.1 Å². The van der Waals surface area contributed by atoms with E-state index < -0.39 is 0 Å². The highest BCUT2D eigenvalue weighted by Gasteiger charge is 2.13. The number of thiocarbonyl (C=S) groups is 1. The van der Waals surface area contributed by atoms with Gasteiger partial charge in [-0.25, -0.2) is 0 Å². The largest absolute Gasteiger partial charge is 0.379 e. The number of benzene rings is 1. The molecule has 1 aromatic rings. The fourth-order valence-corrected chi connectivity index (χ4v) is 2.97. The first-order valence-electron chi connectivity index (χ1n) is 8.17. The van der Waals surface area contributed by atoms with Crippen molar-refractivity contribution in [2.75, 3.05) is 51.3 Å². The van der Waals surface area contributed by atoms with Crippen molar-refractivity contribution in [1.82, 2.24) is 9.80 Å². The van der Waals surface area contributed by atoms with Crippen molar-refractivity contribution in [3.8, 4) is 6.07 Å². The number of nitrogens with one attached hydrogen (secondary N) is 1. The van der Waals surface area contributed by atoms with Gasteiger partial charge in [-0.3, -0.25) is 4.90 Å². The number of nitrogens with zero attached hydrogens (tertiary/aromatic N) is 3. The first kappa shape index (κ1) is 18.9. The van der Waals surface area contributed by atoms with E-state index in [1.807, 2.05) is 24.3 Å². The summed E-state index contributed by atoms with van der Waals surface area (Å²) in [5, 5.41) is 13.4. The topological polar surface area (TPSA) is 51.5 Å². The Hall–Kier alpha value is -1.39. The summed E-state index contributed by atoms with van der Waals surface area (Å²) in [6.45, 7) is 6.11. The summed E-state index contributed by atoms with van der Waals surface area (Å²) in [5.74, 6) is 0. The van der Waals surface area contributed by atoms with Crippen LogP contribution in [0.3, 0.4) is 0 Å². The third-order valence-electron chi connectivity index (χ3n) is 3.88. The van der Waals surface area contributed by atoms with Gasteiger partial charge in [-0.05, 0) is 42.9 Å². The Morgan fingerprint density at radius 1 is 1.29 bits per heavy atom. The van der Waals surface area contributed by atoms with Gasteiger partial charge in [0, 0.05) is 43.4 Å². The summed E-state index contributed by atoms with van der Waals surface area (Å²) in [6.07, 6.45) is 1.47. The summed E-state index contributed by atoms with van der Waals surface area (Å²) in [4.78, 5) is 4.47. The molecule has 24 heavy (non-hydrogen) atoms. The molecule has 0 amide bonds. The highest BCUT2D eigenvalue weighted by molar-refractivity contribution is 7.80. The van der Waals surface area contributed by atoms with Gasteiger partial charge >= 0.3 is 0 Å². The zero-order chi connectivity index (χ0) is 17.2. The van der Waals surface area contributed by atoms with Crippen LogP contribution in [0.1, 0.15) is 12.8 Å². The fraction of sp³-hybridized carbons (Fsp3) is 0.529. The summed E-state index contributed by atoms with van der Waals surface area (Å²) in [6, 6.07) is 9.63. The van der Waals surface area contributed by atoms with Gasteiger partial charge in [0.05, 0.1) is 25.7 Å². The quantitative estimate of drug-likeness (QED) is 0.749. The molecule has 0 radical (unpaired) electrons. The van der Waals surface area contributed by atoms with Gasteiger partial charge in [0.1, 0.15) is 0 Å². The van der Waals surface area contributed by atoms with Crippen molar-refractivity contribution in [3.05, 3.63) is 29.3 Å². The minimum Gasteiger partial charge on any atom is -0.379 e. The van der Waals surface area contributed by atoms with Crippen molar-refractivity contribution in [2.24, 2.45) is 0 Å². The van der Waals surface area contributed by atoms with E-state index >= 15 is 0 Å². The van der Waals surface area contributed by atoms with Crippen LogP contribution in [0.4, 0.5) is 5.69 Å². The highest BCUT2D eigenvalue weighted by Crippen LogP contribution is 2.14. The molecular formula is C17H23ClN4OS. The summed E-state index contributed by atoms with van der Waals surface area (Å²) in [5.41, 5.74) is 0.902. The van der Waals surface area contributed by atoms with Gasteiger partial charge in [-0.1, -0.05) is 11.6 Å². The van der Waals surface area contributed by atoms with Crippen LogP contribution in [0.2, 0.25) is 5.02 Å². The van der Waals surface area contributed by atoms with Crippen molar-refractivity contribution >= 4 is 34.6 Å². The molecule has 1 N–H and O–H groups in total. The molecule has 1 aromatic carbocycles. The Bertz CT molecular complexity index is 555. The summed E-state index contributed by atoms with van der Waals surface area (Å²) in [7, 11) is 0. The number of morpholine rings is 1. The van der Waals surface area contributed by atoms with Crippen LogP contribution in [-0.2, 0) is 4.74 Å². The van der Waals surface area contributed by atoms with E-state index in [9.17, 15) is 0 Å². The Labute approximate surface area is 154 Å². The molecule has 130 valence electrons. The number of nitriles is 1. The monoisotopic (exact) mass is 366 g/mol. The fourth-order valence-electron chi connectivity index (χ4n) is 2.55. The lowest BCUT2D eigenvalue weighted by molar-refractivity contribution is 0.0368. The molecule has 0 aliphatic carbocycles. The minimum absolute atomic E-state index is 0.458. The van der Waals surface area contributed by atoms with Gasteiger partial charge in [-0.15, -0.1) is 0 Å². The van der Waals surface area contributed by atoms with E-state index in [1.54, 1.807) is 0 Å². The SMILES string of the molecule is N#CCCN(CCCN1CCOCC1)C(=S)Nc1ccc(Cl)cc1. The average molecular weight is 367 g/mol. The Morgan fingerprint density at radius 3 is 2.67 bits per heavy atom. The lowest BCUT2D eigenvalue weighted by Crippen LogP contribution is -2.40. The van der Waals surface area contributed by atoms with Crippen LogP contribution in [0.5, 0.6) is 0 Å². The number of halogens is 1. The molecule has 0 atom stereocenters. The molecule has 7 heteroatoms. The van der Waals surface area contributed by atoms with Crippen molar-refractivity contribution < 1.29 is 4.74 Å². The second kappa shape index (κ2) is 10.5. The Balaban J connectivity index is 1.82. The Morgan fingerprint density at radius 2 is 2.00 bits per heavy atom. The minimum atomic E-state index is 0.458. The average Bonchev–Trinajstić information content (AvgIpc) is 2.60. The van der Waals surface area contributed by atoms with Crippen molar-refractivity contribution in [1.29, 1.82) is 5.26 Å². The molecule has 0 aromatic heterocycles. The van der Waals surface area contributed by atoms with Crippen LogP contribution in [0.15, 0.2) is 24.3 Å². The van der Waals surface area contributed by atoms with E-state index in [2.05, 4.69) is 21.2 Å². The summed E-state index contributed by atoms with van der Waals surface area (Å²) < 4.78 is 5.36.